The van der Waals surface area contributed by atoms with E-state index in [4.69, 9.17) is 17.0 Å². The molecular weight excluding hydrogens is 308 g/mol. The second-order valence-electron chi connectivity index (χ2n) is 5.05. The zero-order valence-corrected chi connectivity index (χ0v) is 13.7. The second kappa shape index (κ2) is 6.58. The normalized spacial score (nSPS) is 11.0. The SMILES string of the molecule is COc1ccc(C=Nn2c(-c3cccc(C)c3)n[nH]c2=S)cc1. The second-order valence-corrected chi connectivity index (χ2v) is 5.44. The lowest BCUT2D eigenvalue weighted by Gasteiger charge is -2.02. The standard InChI is InChI=1S/C17H16N4OS/c1-12-4-3-5-14(10-12)16-19-20-17(23)21(16)18-11-13-6-8-15(22-2)9-7-13/h3-11H,1-2H3,(H,20,23). The molecule has 3 rings (SSSR count). The molecule has 116 valence electrons. The average molecular weight is 324 g/mol. The van der Waals surface area contributed by atoms with E-state index in [-0.39, 0.29) is 0 Å². The van der Waals surface area contributed by atoms with Crippen LogP contribution in [-0.4, -0.2) is 28.2 Å². The fourth-order valence-electron chi connectivity index (χ4n) is 2.18. The van der Waals surface area contributed by atoms with Crippen molar-refractivity contribution in [3.8, 4) is 17.1 Å². The maximum Gasteiger partial charge on any atom is 0.216 e. The number of nitrogens with one attached hydrogen (secondary N) is 1. The van der Waals surface area contributed by atoms with Gasteiger partial charge in [0.25, 0.3) is 0 Å². The molecule has 3 aromatic rings. The van der Waals surface area contributed by atoms with Gasteiger partial charge in [-0.15, -0.1) is 0 Å². The Kier molecular flexibility index (Phi) is 4.34. The van der Waals surface area contributed by atoms with Gasteiger partial charge in [0.05, 0.1) is 13.3 Å². The van der Waals surface area contributed by atoms with Gasteiger partial charge in [-0.05, 0) is 55.0 Å². The molecule has 0 unspecified atom stereocenters. The molecule has 6 heteroatoms. The average Bonchev–Trinajstić information content (AvgIpc) is 2.94. The first-order chi connectivity index (χ1) is 11.2. The Labute approximate surface area is 139 Å². The van der Waals surface area contributed by atoms with Crippen LogP contribution in [0.3, 0.4) is 0 Å². The van der Waals surface area contributed by atoms with Crippen molar-refractivity contribution in [1.82, 2.24) is 14.9 Å². The molecule has 2 aromatic carbocycles. The van der Waals surface area contributed by atoms with Gasteiger partial charge in [0, 0.05) is 5.56 Å². The minimum atomic E-state index is 0.450. The smallest absolute Gasteiger partial charge is 0.216 e. The number of hydrogen-bond acceptors (Lipinski definition) is 4. The summed E-state index contributed by atoms with van der Waals surface area (Å²) in [5.41, 5.74) is 3.07. The summed E-state index contributed by atoms with van der Waals surface area (Å²) in [7, 11) is 1.64. The number of ether oxygens (including phenoxy) is 1. The quantitative estimate of drug-likeness (QED) is 0.586. The summed E-state index contributed by atoms with van der Waals surface area (Å²) in [6.07, 6.45) is 1.74. The Hall–Kier alpha value is -2.73. The molecule has 0 atom stereocenters. The van der Waals surface area contributed by atoms with Crippen LogP contribution in [0, 0.1) is 11.7 Å². The lowest BCUT2D eigenvalue weighted by Crippen LogP contribution is -1.95. The number of methoxy groups -OCH3 is 1. The molecule has 0 spiro atoms. The molecule has 5 nitrogen and oxygen atoms in total. The van der Waals surface area contributed by atoms with Gasteiger partial charge in [0.1, 0.15) is 5.75 Å². The number of aromatic nitrogens is 3. The predicted molar refractivity (Wildman–Crippen MR) is 93.6 cm³/mol. The van der Waals surface area contributed by atoms with Gasteiger partial charge in [-0.25, -0.2) is 5.10 Å². The molecule has 1 heterocycles. The summed E-state index contributed by atoms with van der Waals surface area (Å²) in [6, 6.07) is 15.7. The lowest BCUT2D eigenvalue weighted by atomic mass is 10.1. The van der Waals surface area contributed by atoms with E-state index in [1.54, 1.807) is 18.0 Å². The molecule has 23 heavy (non-hydrogen) atoms. The summed E-state index contributed by atoms with van der Waals surface area (Å²) in [5, 5.41) is 11.5. The van der Waals surface area contributed by atoms with E-state index < -0.39 is 0 Å². The first-order valence-corrected chi connectivity index (χ1v) is 7.51. The molecule has 0 fully saturated rings. The molecule has 0 radical (unpaired) electrons. The largest absolute Gasteiger partial charge is 0.497 e. The Morgan fingerprint density at radius 2 is 2.00 bits per heavy atom. The van der Waals surface area contributed by atoms with Crippen LogP contribution >= 0.6 is 12.2 Å². The summed E-state index contributed by atoms with van der Waals surface area (Å²) in [4.78, 5) is 0. The number of rotatable bonds is 4. The van der Waals surface area contributed by atoms with Crippen molar-refractivity contribution < 1.29 is 4.74 Å². The number of aryl methyl sites for hydroxylation is 1. The highest BCUT2D eigenvalue weighted by Gasteiger charge is 2.07. The molecule has 0 bridgehead atoms. The van der Waals surface area contributed by atoms with Crippen LogP contribution in [0.2, 0.25) is 0 Å². The minimum Gasteiger partial charge on any atom is -0.497 e. The van der Waals surface area contributed by atoms with Gasteiger partial charge < -0.3 is 4.74 Å². The molecule has 0 aliphatic carbocycles. The van der Waals surface area contributed by atoms with Crippen LogP contribution in [0.1, 0.15) is 11.1 Å². The van der Waals surface area contributed by atoms with Crippen LogP contribution in [0.25, 0.3) is 11.4 Å². The van der Waals surface area contributed by atoms with E-state index in [1.165, 1.54) is 0 Å². The molecule has 0 saturated carbocycles. The summed E-state index contributed by atoms with van der Waals surface area (Å²) in [6.45, 7) is 2.04. The fraction of sp³-hybridized carbons (Fsp3) is 0.118. The minimum absolute atomic E-state index is 0.450. The maximum atomic E-state index is 5.27. The zero-order chi connectivity index (χ0) is 16.2. The molecule has 0 amide bonds. The highest BCUT2D eigenvalue weighted by atomic mass is 32.1. The van der Waals surface area contributed by atoms with Crippen molar-refractivity contribution in [2.24, 2.45) is 5.10 Å². The highest BCUT2D eigenvalue weighted by molar-refractivity contribution is 7.71. The van der Waals surface area contributed by atoms with Crippen LogP contribution in [0.15, 0.2) is 53.6 Å². The van der Waals surface area contributed by atoms with Crippen LogP contribution in [0.4, 0.5) is 0 Å². The van der Waals surface area contributed by atoms with Crippen molar-refractivity contribution in [2.45, 2.75) is 6.92 Å². The molecule has 0 saturated heterocycles. The van der Waals surface area contributed by atoms with Crippen molar-refractivity contribution in [3.63, 3.8) is 0 Å². The number of nitrogens with zero attached hydrogens (tertiary/aromatic N) is 3. The summed E-state index contributed by atoms with van der Waals surface area (Å²) in [5.74, 6) is 1.49. The topological polar surface area (TPSA) is 55.2 Å². The maximum absolute atomic E-state index is 5.27. The van der Waals surface area contributed by atoms with E-state index >= 15 is 0 Å². The lowest BCUT2D eigenvalue weighted by molar-refractivity contribution is 0.415. The van der Waals surface area contributed by atoms with Crippen LogP contribution < -0.4 is 4.74 Å². The number of benzene rings is 2. The predicted octanol–water partition coefficient (Wildman–Crippen LogP) is 3.81. The van der Waals surface area contributed by atoms with Gasteiger partial charge >= 0.3 is 0 Å². The third kappa shape index (κ3) is 3.37. The van der Waals surface area contributed by atoms with E-state index in [0.717, 1.165) is 22.4 Å². The Bertz CT molecular complexity index is 893. The zero-order valence-electron chi connectivity index (χ0n) is 12.9. The monoisotopic (exact) mass is 324 g/mol. The molecule has 1 N–H and O–H groups in total. The molecular formula is C17H16N4OS. The van der Waals surface area contributed by atoms with E-state index in [0.29, 0.717) is 10.6 Å². The van der Waals surface area contributed by atoms with E-state index in [2.05, 4.69) is 15.3 Å². The van der Waals surface area contributed by atoms with Gasteiger partial charge in [0.2, 0.25) is 4.77 Å². The van der Waals surface area contributed by atoms with Crippen molar-refractivity contribution >= 4 is 18.4 Å². The molecule has 0 aliphatic rings. The number of aromatic amines is 1. The first-order valence-electron chi connectivity index (χ1n) is 7.10. The van der Waals surface area contributed by atoms with Crippen molar-refractivity contribution in [1.29, 1.82) is 0 Å². The molecule has 0 aliphatic heterocycles. The van der Waals surface area contributed by atoms with Crippen LogP contribution in [0.5, 0.6) is 5.75 Å². The Balaban J connectivity index is 1.95. The van der Waals surface area contributed by atoms with E-state index in [1.807, 2.05) is 55.5 Å². The molecule has 1 aromatic heterocycles. The third-order valence-electron chi connectivity index (χ3n) is 3.36. The van der Waals surface area contributed by atoms with Crippen molar-refractivity contribution in [3.05, 3.63) is 64.4 Å². The van der Waals surface area contributed by atoms with Gasteiger partial charge in [-0.3, -0.25) is 0 Å². The van der Waals surface area contributed by atoms with Crippen molar-refractivity contribution in [2.75, 3.05) is 7.11 Å². The van der Waals surface area contributed by atoms with Gasteiger partial charge in [-0.1, -0.05) is 23.8 Å². The first kappa shape index (κ1) is 15.2. The third-order valence-corrected chi connectivity index (χ3v) is 3.63. The number of hydrogen-bond donors (Lipinski definition) is 1. The Morgan fingerprint density at radius 1 is 1.22 bits per heavy atom. The Morgan fingerprint density at radius 3 is 2.70 bits per heavy atom. The number of H-pyrrole nitrogens is 1. The highest BCUT2D eigenvalue weighted by Crippen LogP contribution is 2.18. The van der Waals surface area contributed by atoms with E-state index in [9.17, 15) is 0 Å². The van der Waals surface area contributed by atoms with Gasteiger partial charge in [-0.2, -0.15) is 14.9 Å². The van der Waals surface area contributed by atoms with Crippen LogP contribution in [-0.2, 0) is 0 Å². The fourth-order valence-corrected chi connectivity index (χ4v) is 2.36. The summed E-state index contributed by atoms with van der Waals surface area (Å²) < 4.78 is 7.22. The summed E-state index contributed by atoms with van der Waals surface area (Å²) >= 11 is 5.27. The van der Waals surface area contributed by atoms with Gasteiger partial charge in [0.15, 0.2) is 5.82 Å².